The molecule has 0 saturated heterocycles. The van der Waals surface area contributed by atoms with Crippen LogP contribution in [0.15, 0.2) is 42.5 Å². The lowest BCUT2D eigenvalue weighted by atomic mass is 10.0. The Labute approximate surface area is 185 Å². The van der Waals surface area contributed by atoms with Crippen LogP contribution in [0.5, 0.6) is 0 Å². The predicted molar refractivity (Wildman–Crippen MR) is 130 cm³/mol. The van der Waals surface area contributed by atoms with Gasteiger partial charge < -0.3 is 0 Å². The number of Topliss-reactive ketones (excluding diaryl/α,β-unsaturated/α-hetero) is 1. The van der Waals surface area contributed by atoms with Crippen LogP contribution in [0.2, 0.25) is 0 Å². The monoisotopic (exact) mass is 422 g/mol. The van der Waals surface area contributed by atoms with Crippen molar-refractivity contribution < 1.29 is 15.0 Å². The van der Waals surface area contributed by atoms with Gasteiger partial charge in [0.05, 0.1) is 11.8 Å². The summed E-state index contributed by atoms with van der Waals surface area (Å²) in [5, 5.41) is 0. The van der Waals surface area contributed by atoms with Gasteiger partial charge in [-0.15, -0.1) is 0 Å². The lowest BCUT2D eigenvalue weighted by Crippen LogP contribution is -2.01. The highest BCUT2D eigenvalue weighted by Gasteiger charge is 2.70. The van der Waals surface area contributed by atoms with Crippen molar-refractivity contribution in [2.45, 2.75) is 88.0 Å². The van der Waals surface area contributed by atoms with Crippen molar-refractivity contribution in [2.24, 2.45) is 5.92 Å². The molecule has 0 spiro atoms. The first-order valence-electron chi connectivity index (χ1n) is 11.1. The van der Waals surface area contributed by atoms with Crippen molar-refractivity contribution in [3.8, 4) is 0 Å². The Kier molecular flexibility index (Phi) is 15.0. The van der Waals surface area contributed by atoms with E-state index in [9.17, 15) is 13.6 Å². The molecule has 0 aromatic heterocycles. The first-order valence-corrected chi connectivity index (χ1v) is 11.1. The van der Waals surface area contributed by atoms with Crippen LogP contribution < -0.4 is 0 Å². The van der Waals surface area contributed by atoms with Crippen molar-refractivity contribution in [1.29, 1.82) is 0 Å². The summed E-state index contributed by atoms with van der Waals surface area (Å²) in [6.07, 6.45) is 0. The van der Waals surface area contributed by atoms with E-state index in [1.807, 2.05) is 61.5 Å². The fourth-order valence-corrected chi connectivity index (χ4v) is 2.87. The maximum Gasteiger partial charge on any atom is 0.266 e. The first kappa shape index (κ1) is 30.2. The predicted octanol–water partition coefficient (Wildman–Crippen LogP) is 8.87. The molecule has 1 fully saturated rings. The van der Waals surface area contributed by atoms with Gasteiger partial charge in [0.15, 0.2) is 0 Å². The largest absolute Gasteiger partial charge is 0.299 e. The Morgan fingerprint density at radius 1 is 0.767 bits per heavy atom. The van der Waals surface area contributed by atoms with Gasteiger partial charge in [0.1, 0.15) is 5.78 Å². The molecule has 2 unspecified atom stereocenters. The Morgan fingerprint density at radius 2 is 1.17 bits per heavy atom. The Hall–Kier alpha value is -2.03. The van der Waals surface area contributed by atoms with Crippen molar-refractivity contribution >= 4 is 5.78 Å². The molecule has 2 atom stereocenters. The van der Waals surface area contributed by atoms with Gasteiger partial charge in [-0.3, -0.25) is 4.79 Å². The lowest BCUT2D eigenvalue weighted by Gasteiger charge is -2.03. The van der Waals surface area contributed by atoms with Crippen LogP contribution in [-0.4, -0.2) is 11.7 Å². The minimum atomic E-state index is -2.85. The Bertz CT molecular complexity index is 736. The summed E-state index contributed by atoms with van der Waals surface area (Å²) in [6.45, 7) is 21.3. The van der Waals surface area contributed by atoms with Crippen molar-refractivity contribution in [1.82, 2.24) is 0 Å². The molecule has 2 aromatic carbocycles. The van der Waals surface area contributed by atoms with E-state index in [0.717, 1.165) is 11.1 Å². The maximum absolute atomic E-state index is 13.4. The highest BCUT2D eigenvalue weighted by atomic mass is 19.3. The molecule has 3 rings (SSSR count). The summed E-state index contributed by atoms with van der Waals surface area (Å²) >= 11 is 0. The van der Waals surface area contributed by atoms with Gasteiger partial charge in [0, 0.05) is 1.43 Å². The smallest absolute Gasteiger partial charge is 0.266 e. The van der Waals surface area contributed by atoms with Gasteiger partial charge in [-0.05, 0) is 62.4 Å². The van der Waals surface area contributed by atoms with E-state index in [4.69, 9.17) is 0 Å². The standard InChI is InChI=1S/C13H14F2O.C8H10.3C2H6.H2/c1-7-4-5-10(6-8(7)2)12-11(9(3)16)13(12,14)15;1-7-5-3-4-6-8(7)2;3*1-2;/h4-6,11-12H,1-3H3;3-6H,1-2H3;3*1-2H3;1H. The maximum atomic E-state index is 13.4. The molecule has 1 aliphatic carbocycles. The van der Waals surface area contributed by atoms with Crippen LogP contribution in [0.4, 0.5) is 8.78 Å². The fourth-order valence-electron chi connectivity index (χ4n) is 2.87. The molecule has 2 aromatic rings. The van der Waals surface area contributed by atoms with E-state index in [2.05, 4.69) is 38.1 Å². The van der Waals surface area contributed by atoms with E-state index in [1.54, 1.807) is 12.1 Å². The summed E-state index contributed by atoms with van der Waals surface area (Å²) in [7, 11) is 0. The average Bonchev–Trinajstić information content (AvgIpc) is 3.34. The number of rotatable bonds is 2. The molecule has 30 heavy (non-hydrogen) atoms. The number of aryl methyl sites for hydroxylation is 4. The molecular weight excluding hydrogens is 378 g/mol. The van der Waals surface area contributed by atoms with Gasteiger partial charge in [0.2, 0.25) is 0 Å². The zero-order valence-corrected chi connectivity index (χ0v) is 20.9. The van der Waals surface area contributed by atoms with E-state index < -0.39 is 23.5 Å². The van der Waals surface area contributed by atoms with Crippen LogP contribution in [0.1, 0.15) is 83.6 Å². The minimum absolute atomic E-state index is 0. The summed E-state index contributed by atoms with van der Waals surface area (Å²) in [4.78, 5) is 11.1. The average molecular weight is 423 g/mol. The second-order valence-corrected chi connectivity index (χ2v) is 6.67. The Balaban J connectivity index is -0.000000444. The molecular formula is C27H44F2O. The SMILES string of the molecule is CC.CC.CC.CC(=O)C1C(c2ccc(C)c(C)c2)C1(F)F.Cc1ccccc1C.[HH]. The van der Waals surface area contributed by atoms with E-state index in [1.165, 1.54) is 18.1 Å². The molecule has 0 heterocycles. The van der Waals surface area contributed by atoms with Gasteiger partial charge in [-0.1, -0.05) is 84.0 Å². The Morgan fingerprint density at radius 3 is 1.47 bits per heavy atom. The third-order valence-corrected chi connectivity index (χ3v) is 4.81. The van der Waals surface area contributed by atoms with Crippen molar-refractivity contribution in [3.05, 3.63) is 70.3 Å². The lowest BCUT2D eigenvalue weighted by molar-refractivity contribution is -0.120. The van der Waals surface area contributed by atoms with Crippen LogP contribution in [0.25, 0.3) is 0 Å². The number of hydrogen-bond donors (Lipinski definition) is 0. The molecule has 0 N–H and O–H groups in total. The summed E-state index contributed by atoms with van der Waals surface area (Å²) in [6, 6.07) is 13.6. The highest BCUT2D eigenvalue weighted by Crippen LogP contribution is 2.61. The van der Waals surface area contributed by atoms with Crippen LogP contribution in [0, 0.1) is 33.6 Å². The molecule has 1 nitrogen and oxygen atoms in total. The molecule has 172 valence electrons. The number of hydrogen-bond acceptors (Lipinski definition) is 1. The van der Waals surface area contributed by atoms with Crippen LogP contribution in [-0.2, 0) is 4.79 Å². The number of alkyl halides is 2. The molecule has 0 aliphatic heterocycles. The molecule has 0 amide bonds. The highest BCUT2D eigenvalue weighted by molar-refractivity contribution is 5.85. The zero-order valence-electron chi connectivity index (χ0n) is 20.9. The van der Waals surface area contributed by atoms with Gasteiger partial charge in [-0.2, -0.15) is 0 Å². The zero-order chi connectivity index (χ0) is 24.1. The molecule has 0 radical (unpaired) electrons. The molecule has 0 bridgehead atoms. The second-order valence-electron chi connectivity index (χ2n) is 6.67. The number of ketones is 1. The van der Waals surface area contributed by atoms with Crippen LogP contribution >= 0.6 is 0 Å². The summed E-state index contributed by atoms with van der Waals surface area (Å²) < 4.78 is 26.8. The topological polar surface area (TPSA) is 17.1 Å². The quantitative estimate of drug-likeness (QED) is 0.472. The van der Waals surface area contributed by atoms with Crippen LogP contribution in [0.3, 0.4) is 0 Å². The number of carbonyl (C=O) groups is 1. The van der Waals surface area contributed by atoms with Gasteiger partial charge in [-0.25, -0.2) is 8.78 Å². The third-order valence-electron chi connectivity index (χ3n) is 4.81. The molecule has 3 heteroatoms. The summed E-state index contributed by atoms with van der Waals surface area (Å²) in [5.74, 6) is -5.31. The van der Waals surface area contributed by atoms with Crippen molar-refractivity contribution in [2.75, 3.05) is 0 Å². The number of carbonyl (C=O) groups excluding carboxylic acids is 1. The third kappa shape index (κ3) is 8.38. The second kappa shape index (κ2) is 14.9. The van der Waals surface area contributed by atoms with E-state index >= 15 is 0 Å². The normalized spacial score (nSPS) is 17.2. The van der Waals surface area contributed by atoms with Crippen molar-refractivity contribution in [3.63, 3.8) is 0 Å². The van der Waals surface area contributed by atoms with E-state index in [-0.39, 0.29) is 1.43 Å². The molecule has 1 saturated carbocycles. The van der Waals surface area contributed by atoms with Gasteiger partial charge in [0.25, 0.3) is 5.92 Å². The number of halogens is 2. The number of benzene rings is 2. The fraction of sp³-hybridized carbons (Fsp3) is 0.519. The summed E-state index contributed by atoms with van der Waals surface area (Å²) in [5.41, 5.74) is 5.38. The molecule has 1 aliphatic rings. The first-order chi connectivity index (χ1) is 14.2. The van der Waals surface area contributed by atoms with E-state index in [0.29, 0.717) is 5.56 Å². The van der Waals surface area contributed by atoms with Gasteiger partial charge >= 0.3 is 0 Å². The minimum Gasteiger partial charge on any atom is -0.299 e.